The van der Waals surface area contributed by atoms with E-state index in [9.17, 15) is 29.4 Å². The van der Waals surface area contributed by atoms with Gasteiger partial charge in [0, 0.05) is 18.0 Å². The summed E-state index contributed by atoms with van der Waals surface area (Å²) in [5.41, 5.74) is 1.39. The first-order valence-corrected chi connectivity index (χ1v) is 18.7. The van der Waals surface area contributed by atoms with E-state index >= 15 is 0 Å². The van der Waals surface area contributed by atoms with Crippen LogP contribution in [0, 0.1) is 0 Å². The maximum atomic E-state index is 13.5. The number of hydrogen-bond donors (Lipinski definition) is 4. The first-order valence-electron chi connectivity index (χ1n) is 18.3. The number of carbonyl (C=O) groups excluding carboxylic acids is 6. The van der Waals surface area contributed by atoms with E-state index in [0.717, 1.165) is 11.1 Å². The average molecular weight is 825 g/mol. The Morgan fingerprint density at radius 1 is 0.810 bits per heavy atom. The minimum absolute atomic E-state index is 0.0610. The fourth-order valence-corrected chi connectivity index (χ4v) is 5.31. The lowest BCUT2D eigenvalue weighted by atomic mass is 9.86. The predicted octanol–water partition coefficient (Wildman–Crippen LogP) is 6.62. The van der Waals surface area contributed by atoms with E-state index in [4.69, 9.17) is 35.4 Å². The molecule has 0 aliphatic heterocycles. The van der Waals surface area contributed by atoms with Crippen molar-refractivity contribution >= 4 is 53.5 Å². The van der Waals surface area contributed by atoms with Crippen molar-refractivity contribution < 1.29 is 53.2 Å². The van der Waals surface area contributed by atoms with Crippen LogP contribution in [-0.4, -0.2) is 81.7 Å². The lowest BCUT2D eigenvalue weighted by Crippen LogP contribution is -2.47. The lowest BCUT2D eigenvalue weighted by Gasteiger charge is -2.30. The van der Waals surface area contributed by atoms with E-state index < -0.39 is 48.6 Å². The molecule has 0 saturated heterocycles. The largest absolute Gasteiger partial charge is 0.444 e. The second-order valence-corrected chi connectivity index (χ2v) is 16.4. The summed E-state index contributed by atoms with van der Waals surface area (Å²) in [6, 6.07) is 17.7. The highest BCUT2D eigenvalue weighted by atomic mass is 35.5. The molecule has 0 bridgehead atoms. The molecule has 0 aliphatic rings. The van der Waals surface area contributed by atoms with Crippen molar-refractivity contribution in [2.45, 2.75) is 104 Å². The molecule has 16 heteroatoms. The number of rotatable bonds is 11. The highest BCUT2D eigenvalue weighted by Gasteiger charge is 2.25. The number of aliphatic hydroxyl groups is 2. The Labute approximate surface area is 343 Å². The van der Waals surface area contributed by atoms with Crippen LogP contribution in [0.5, 0.6) is 5.75 Å². The van der Waals surface area contributed by atoms with Crippen LogP contribution in [0.15, 0.2) is 71.7 Å². The van der Waals surface area contributed by atoms with Crippen molar-refractivity contribution in [3.63, 3.8) is 0 Å². The normalized spacial score (nSPS) is 11.3. The Kier molecular flexibility index (Phi) is 18.2. The number of nitrogens with one attached hydrogen (secondary N) is 2. The van der Waals surface area contributed by atoms with Gasteiger partial charge in [0.05, 0.1) is 30.5 Å². The van der Waals surface area contributed by atoms with Gasteiger partial charge in [0.1, 0.15) is 17.0 Å². The predicted molar refractivity (Wildman–Crippen MR) is 216 cm³/mol. The van der Waals surface area contributed by atoms with Crippen LogP contribution in [-0.2, 0) is 42.2 Å². The van der Waals surface area contributed by atoms with Gasteiger partial charge in [-0.05, 0) is 106 Å². The average Bonchev–Trinajstić information content (AvgIpc) is 3.10. The molecule has 314 valence electrons. The Morgan fingerprint density at radius 2 is 1.36 bits per heavy atom. The molecule has 0 atom stereocenters. The number of aryl methyl sites for hydroxylation is 1. The number of nitrogens with zero attached hydrogens (tertiary/aromatic N) is 2. The highest BCUT2D eigenvalue weighted by Crippen LogP contribution is 2.27. The molecular formula is C42H53ClN4O11. The summed E-state index contributed by atoms with van der Waals surface area (Å²) in [4.78, 5) is 73.3. The van der Waals surface area contributed by atoms with Crippen molar-refractivity contribution in [3.05, 3.63) is 94.0 Å². The van der Waals surface area contributed by atoms with Gasteiger partial charge >= 0.3 is 24.3 Å². The summed E-state index contributed by atoms with van der Waals surface area (Å²) in [7, 11) is 0. The van der Waals surface area contributed by atoms with Gasteiger partial charge in [0.25, 0.3) is 0 Å². The number of ether oxygens (including phenoxy) is 3. The van der Waals surface area contributed by atoms with Gasteiger partial charge in [-0.1, -0.05) is 62.7 Å². The van der Waals surface area contributed by atoms with Gasteiger partial charge in [-0.15, -0.1) is 0 Å². The monoisotopic (exact) mass is 824 g/mol. The zero-order chi connectivity index (χ0) is 43.8. The molecule has 0 unspecified atom stereocenters. The maximum absolute atomic E-state index is 13.5. The number of esters is 1. The number of aliphatic hydroxyl groups excluding tert-OH is 2. The van der Waals surface area contributed by atoms with Gasteiger partial charge in [-0.2, -0.15) is 9.59 Å². The van der Waals surface area contributed by atoms with Crippen molar-refractivity contribution in [1.29, 1.82) is 0 Å². The van der Waals surface area contributed by atoms with E-state index in [1.165, 1.54) is 35.2 Å². The third-order valence-corrected chi connectivity index (χ3v) is 8.11. The third kappa shape index (κ3) is 17.3. The van der Waals surface area contributed by atoms with Crippen LogP contribution in [0.2, 0.25) is 5.02 Å². The molecule has 0 saturated carbocycles. The lowest BCUT2D eigenvalue weighted by molar-refractivity contribution is -0.191. The zero-order valence-corrected chi connectivity index (χ0v) is 35.1. The molecule has 58 heavy (non-hydrogen) atoms. The van der Waals surface area contributed by atoms with E-state index in [1.807, 2.05) is 24.3 Å². The molecular weight excluding hydrogens is 772 g/mol. The van der Waals surface area contributed by atoms with Crippen LogP contribution in [0.3, 0.4) is 0 Å². The maximum Gasteiger partial charge on any atom is 0.414 e. The topological polar surface area (TPSA) is 210 Å². The number of hydrogen-bond acceptors (Lipinski definition) is 12. The fraction of sp³-hybridized carbons (Fsp3) is 0.429. The molecule has 0 radical (unpaired) electrons. The second kappa shape index (κ2) is 21.8. The first kappa shape index (κ1) is 48.5. The van der Waals surface area contributed by atoms with Crippen molar-refractivity contribution in [2.24, 2.45) is 4.99 Å². The van der Waals surface area contributed by atoms with Crippen molar-refractivity contribution in [2.75, 3.05) is 13.2 Å². The van der Waals surface area contributed by atoms with Gasteiger partial charge in [-0.25, -0.2) is 19.4 Å². The SMILES string of the molecule is CC(C)(C)OC(=O)NC(=Nc1ccc(C(=O)Oc2ccc(CCC(=O)N(Cc3cccc(C(C)(C)C)c3)C(CO)CO)c(Cl)c2)cc1)NC(=O)OC(C)(C)C.O=C=O. The van der Waals surface area contributed by atoms with Gasteiger partial charge < -0.3 is 29.3 Å². The number of alkyl carbamates (subject to hydrolysis) is 2. The van der Waals surface area contributed by atoms with E-state index in [0.29, 0.717) is 5.56 Å². The summed E-state index contributed by atoms with van der Waals surface area (Å²) >= 11 is 6.55. The highest BCUT2D eigenvalue weighted by molar-refractivity contribution is 6.31. The Morgan fingerprint density at radius 3 is 1.84 bits per heavy atom. The molecule has 4 N–H and O–H groups in total. The molecule has 3 aromatic carbocycles. The third-order valence-electron chi connectivity index (χ3n) is 7.75. The summed E-state index contributed by atoms with van der Waals surface area (Å²) in [6.07, 6.45) is -1.12. The molecule has 0 heterocycles. The number of aliphatic imine (C=N–C) groups is 1. The number of amides is 3. The second-order valence-electron chi connectivity index (χ2n) is 16.0. The van der Waals surface area contributed by atoms with E-state index in [-0.39, 0.29) is 64.8 Å². The molecule has 3 rings (SSSR count). The molecule has 15 nitrogen and oxygen atoms in total. The first-order chi connectivity index (χ1) is 27.0. The number of halogens is 1. The van der Waals surface area contributed by atoms with Crippen molar-refractivity contribution in [1.82, 2.24) is 15.5 Å². The van der Waals surface area contributed by atoms with Gasteiger partial charge in [-0.3, -0.25) is 15.4 Å². The zero-order valence-electron chi connectivity index (χ0n) is 34.3. The van der Waals surface area contributed by atoms with E-state index in [1.54, 1.807) is 53.7 Å². The van der Waals surface area contributed by atoms with Crippen LogP contribution in [0.4, 0.5) is 15.3 Å². The molecule has 0 fully saturated rings. The standard InChI is InChI=1S/C41H53ClN4O9.CO2/c1-39(2,3)29-12-10-11-26(21-29)23-46(31(24-47)25-48)34(49)20-16-27-15-19-32(22-33(27)42)53-35(50)28-13-17-30(18-14-28)43-36(44-37(51)54-40(4,5)6)45-38(52)55-41(7,8)9;2-1-3/h10-15,17-19,21-22,31,47-48H,16,20,23-25H2,1-9H3,(H2,43,44,45,51,52);. The fourth-order valence-electron chi connectivity index (χ4n) is 5.04. The van der Waals surface area contributed by atoms with Crippen LogP contribution < -0.4 is 15.4 Å². The van der Waals surface area contributed by atoms with Crippen LogP contribution in [0.1, 0.15) is 95.8 Å². The quantitative estimate of drug-likeness (QED) is 0.0698. The molecule has 3 amide bonds. The number of benzene rings is 3. The number of guanidine groups is 1. The van der Waals surface area contributed by atoms with Crippen LogP contribution >= 0.6 is 11.6 Å². The summed E-state index contributed by atoms with van der Waals surface area (Å²) in [6.45, 7) is 15.9. The van der Waals surface area contributed by atoms with Gasteiger partial charge in [0.2, 0.25) is 11.9 Å². The molecule has 0 spiro atoms. The Balaban J connectivity index is 0.00000374. The van der Waals surface area contributed by atoms with Gasteiger partial charge in [0.15, 0.2) is 0 Å². The number of carbonyl (C=O) groups is 4. The Hall–Kier alpha value is -5.60. The summed E-state index contributed by atoms with van der Waals surface area (Å²) in [5, 5.41) is 24.9. The van der Waals surface area contributed by atoms with E-state index in [2.05, 4.69) is 36.4 Å². The minimum atomic E-state index is -0.851. The van der Waals surface area contributed by atoms with Crippen molar-refractivity contribution in [3.8, 4) is 5.75 Å². The Bertz CT molecular complexity index is 1900. The summed E-state index contributed by atoms with van der Waals surface area (Å²) in [5.74, 6) is -1.02. The molecule has 0 aromatic heterocycles. The smallest absolute Gasteiger partial charge is 0.414 e. The molecule has 3 aromatic rings. The molecule has 0 aliphatic carbocycles. The van der Waals surface area contributed by atoms with Crippen LogP contribution in [0.25, 0.3) is 0 Å². The minimum Gasteiger partial charge on any atom is -0.444 e. The summed E-state index contributed by atoms with van der Waals surface area (Å²) < 4.78 is 16.1.